The number of aromatic nitrogens is 2. The highest BCUT2D eigenvalue weighted by Crippen LogP contribution is 2.62. The number of hydrogen-bond donors (Lipinski definition) is 1. The Morgan fingerprint density at radius 2 is 1.68 bits per heavy atom. The van der Waals surface area contributed by atoms with E-state index in [0.717, 1.165) is 11.1 Å². The molecule has 184 valence electrons. The molecule has 3 aliphatic heterocycles. The lowest BCUT2D eigenvalue weighted by atomic mass is 9.63. The van der Waals surface area contributed by atoms with Gasteiger partial charge in [0.2, 0.25) is 11.7 Å². The Morgan fingerprint density at radius 3 is 2.50 bits per heavy atom. The average molecular weight is 499 g/mol. The zero-order valence-electron chi connectivity index (χ0n) is 20.2. The van der Waals surface area contributed by atoms with Crippen molar-refractivity contribution in [2.45, 2.75) is 17.5 Å². The van der Waals surface area contributed by atoms with Crippen molar-refractivity contribution in [1.29, 1.82) is 0 Å². The van der Waals surface area contributed by atoms with Crippen molar-refractivity contribution in [3.05, 3.63) is 132 Å². The molecule has 1 amide bonds. The first-order valence-corrected chi connectivity index (χ1v) is 12.5. The zero-order chi connectivity index (χ0) is 25.9. The monoisotopic (exact) mass is 498 g/mol. The number of carbonyl (C=O) groups is 3. The lowest BCUT2D eigenvalue weighted by molar-refractivity contribution is -0.122. The molecule has 1 spiro atoms. The fraction of sp³-hybridized carbons (Fsp3) is 0.129. The third-order valence-corrected chi connectivity index (χ3v) is 7.98. The number of amides is 1. The minimum atomic E-state index is -1.36. The third-order valence-electron chi connectivity index (χ3n) is 7.98. The molecular formula is C31H22N4O3. The van der Waals surface area contributed by atoms with Crippen molar-refractivity contribution in [3.63, 3.8) is 0 Å². The SMILES string of the molecule is O=C(c1ccccn1)[C@@H]1[C@@H](C(=O)c2cccnc2)[C@@]2(C(=O)Nc3ccccc32)[C@H]2c3ccccc3C=CN12. The number of anilines is 1. The number of rotatable bonds is 4. The summed E-state index contributed by atoms with van der Waals surface area (Å²) in [5.41, 5.74) is 2.44. The lowest BCUT2D eigenvalue weighted by Crippen LogP contribution is -2.49. The van der Waals surface area contributed by atoms with E-state index in [-0.39, 0.29) is 23.2 Å². The number of ketones is 2. The van der Waals surface area contributed by atoms with E-state index >= 15 is 0 Å². The van der Waals surface area contributed by atoms with E-state index in [9.17, 15) is 14.4 Å². The molecule has 0 radical (unpaired) electrons. The van der Waals surface area contributed by atoms with Crippen LogP contribution in [-0.4, -0.2) is 38.4 Å². The van der Waals surface area contributed by atoms with Crippen LogP contribution in [0.25, 0.3) is 6.08 Å². The van der Waals surface area contributed by atoms with Gasteiger partial charge in [-0.3, -0.25) is 24.4 Å². The van der Waals surface area contributed by atoms with Gasteiger partial charge in [0.15, 0.2) is 5.78 Å². The summed E-state index contributed by atoms with van der Waals surface area (Å²) < 4.78 is 0. The first kappa shape index (κ1) is 22.3. The van der Waals surface area contributed by atoms with E-state index in [1.807, 2.05) is 65.7 Å². The second-order valence-corrected chi connectivity index (χ2v) is 9.77. The Labute approximate surface area is 218 Å². The average Bonchev–Trinajstić information content (AvgIpc) is 3.45. The minimum Gasteiger partial charge on any atom is -0.358 e. The summed E-state index contributed by atoms with van der Waals surface area (Å²) in [4.78, 5) is 53.5. The first-order chi connectivity index (χ1) is 18.6. The van der Waals surface area contributed by atoms with Gasteiger partial charge in [-0.15, -0.1) is 0 Å². The molecule has 2 aromatic carbocycles. The van der Waals surface area contributed by atoms with Gasteiger partial charge in [0, 0.05) is 36.0 Å². The van der Waals surface area contributed by atoms with Crippen molar-refractivity contribution in [2.24, 2.45) is 5.92 Å². The molecule has 2 aromatic heterocycles. The highest BCUT2D eigenvalue weighted by Gasteiger charge is 2.70. The Morgan fingerprint density at radius 1 is 0.868 bits per heavy atom. The molecule has 0 bridgehead atoms. The van der Waals surface area contributed by atoms with Crippen LogP contribution >= 0.6 is 0 Å². The number of nitrogens with one attached hydrogen (secondary N) is 1. The van der Waals surface area contributed by atoms with Crippen LogP contribution in [-0.2, 0) is 10.2 Å². The van der Waals surface area contributed by atoms with Gasteiger partial charge in [0.1, 0.15) is 17.2 Å². The molecule has 4 atom stereocenters. The van der Waals surface area contributed by atoms with Crippen LogP contribution in [0.2, 0.25) is 0 Å². The summed E-state index contributed by atoms with van der Waals surface area (Å²) in [5, 5.41) is 3.05. The summed E-state index contributed by atoms with van der Waals surface area (Å²) >= 11 is 0. The van der Waals surface area contributed by atoms with Crippen LogP contribution in [0.1, 0.15) is 43.6 Å². The number of pyridine rings is 2. The topological polar surface area (TPSA) is 92.3 Å². The normalized spacial score (nSPS) is 24.5. The summed E-state index contributed by atoms with van der Waals surface area (Å²) in [6.07, 6.45) is 8.45. The van der Waals surface area contributed by atoms with E-state index in [0.29, 0.717) is 16.8 Å². The van der Waals surface area contributed by atoms with E-state index in [4.69, 9.17) is 0 Å². The molecular weight excluding hydrogens is 476 g/mol. The van der Waals surface area contributed by atoms with Crippen molar-refractivity contribution < 1.29 is 14.4 Å². The molecule has 1 saturated heterocycles. The van der Waals surface area contributed by atoms with Gasteiger partial charge < -0.3 is 10.2 Å². The second kappa shape index (κ2) is 8.31. The maximum atomic E-state index is 14.5. The van der Waals surface area contributed by atoms with Crippen LogP contribution in [0.4, 0.5) is 5.69 Å². The van der Waals surface area contributed by atoms with Crippen LogP contribution in [0, 0.1) is 5.92 Å². The Kier molecular flexibility index (Phi) is 4.88. The van der Waals surface area contributed by atoms with Crippen molar-refractivity contribution in [1.82, 2.24) is 14.9 Å². The predicted octanol–water partition coefficient (Wildman–Crippen LogP) is 4.46. The molecule has 1 fully saturated rings. The van der Waals surface area contributed by atoms with Gasteiger partial charge in [-0.1, -0.05) is 48.5 Å². The van der Waals surface area contributed by atoms with Crippen molar-refractivity contribution >= 4 is 29.2 Å². The van der Waals surface area contributed by atoms with Crippen molar-refractivity contribution in [2.75, 3.05) is 5.32 Å². The Balaban J connectivity index is 1.55. The number of carbonyl (C=O) groups excluding carboxylic acids is 3. The minimum absolute atomic E-state index is 0.247. The van der Waals surface area contributed by atoms with Crippen LogP contribution in [0.5, 0.6) is 0 Å². The highest BCUT2D eigenvalue weighted by atomic mass is 16.2. The Bertz CT molecular complexity index is 1640. The summed E-state index contributed by atoms with van der Waals surface area (Å²) in [6, 6.07) is 22.3. The number of Topliss-reactive ketones (excluding diaryl/α,β-unsaturated/α-hetero) is 2. The summed E-state index contributed by atoms with van der Waals surface area (Å²) in [7, 11) is 0. The number of hydrogen-bond acceptors (Lipinski definition) is 6. The highest BCUT2D eigenvalue weighted by molar-refractivity contribution is 6.16. The van der Waals surface area contributed by atoms with Crippen LogP contribution < -0.4 is 5.32 Å². The molecule has 7 rings (SSSR count). The van der Waals surface area contributed by atoms with Gasteiger partial charge in [-0.05, 0) is 53.1 Å². The van der Waals surface area contributed by atoms with Crippen LogP contribution in [0.15, 0.2) is 104 Å². The number of benzene rings is 2. The van der Waals surface area contributed by atoms with E-state index in [1.54, 1.807) is 42.7 Å². The fourth-order valence-corrected chi connectivity index (χ4v) is 6.52. The maximum Gasteiger partial charge on any atom is 0.238 e. The molecule has 0 unspecified atom stereocenters. The molecule has 4 aromatic rings. The molecule has 0 saturated carbocycles. The van der Waals surface area contributed by atoms with Gasteiger partial charge in [-0.25, -0.2) is 0 Å². The smallest absolute Gasteiger partial charge is 0.238 e. The quantitative estimate of drug-likeness (QED) is 0.418. The summed E-state index contributed by atoms with van der Waals surface area (Å²) in [6.45, 7) is 0. The maximum absolute atomic E-state index is 14.5. The van der Waals surface area contributed by atoms with Gasteiger partial charge in [-0.2, -0.15) is 0 Å². The predicted molar refractivity (Wildman–Crippen MR) is 141 cm³/mol. The largest absolute Gasteiger partial charge is 0.358 e. The second-order valence-electron chi connectivity index (χ2n) is 9.77. The molecule has 7 nitrogen and oxygen atoms in total. The first-order valence-electron chi connectivity index (χ1n) is 12.5. The Hall–Kier alpha value is -4.91. The lowest BCUT2D eigenvalue weighted by Gasteiger charge is -2.38. The van der Waals surface area contributed by atoms with Gasteiger partial charge >= 0.3 is 0 Å². The van der Waals surface area contributed by atoms with Crippen molar-refractivity contribution in [3.8, 4) is 0 Å². The standard InChI is InChI=1S/C31H22N4O3/c36-27(20-9-7-15-32-18-20)25-26(28(37)24-13-5-6-16-33-24)35-17-14-19-8-1-2-10-21(19)29(35)31(25)22-11-3-4-12-23(22)34-30(31)38/h1-18,25-26,29H,(H,34,38)/t25-,26-,29+,31+/m0/s1. The van der Waals surface area contributed by atoms with E-state index < -0.39 is 23.4 Å². The van der Waals surface area contributed by atoms with E-state index in [1.165, 1.54) is 6.20 Å². The molecule has 3 aliphatic rings. The number of para-hydroxylation sites is 1. The molecule has 5 heterocycles. The van der Waals surface area contributed by atoms with E-state index in [2.05, 4.69) is 15.3 Å². The molecule has 38 heavy (non-hydrogen) atoms. The molecule has 1 N–H and O–H groups in total. The molecule has 0 aliphatic carbocycles. The number of fused-ring (bicyclic) bond motifs is 6. The molecule has 7 heteroatoms. The zero-order valence-corrected chi connectivity index (χ0v) is 20.2. The third kappa shape index (κ3) is 2.93. The summed E-state index contributed by atoms with van der Waals surface area (Å²) in [5.74, 6) is -1.95. The number of nitrogens with zero attached hydrogens (tertiary/aromatic N) is 3. The van der Waals surface area contributed by atoms with Gasteiger partial charge in [0.05, 0.1) is 12.0 Å². The van der Waals surface area contributed by atoms with Gasteiger partial charge in [0.25, 0.3) is 0 Å². The fourth-order valence-electron chi connectivity index (χ4n) is 6.52. The van der Waals surface area contributed by atoms with Crippen LogP contribution in [0.3, 0.4) is 0 Å².